The van der Waals surface area contributed by atoms with E-state index >= 15 is 0 Å². The predicted molar refractivity (Wildman–Crippen MR) is 93.7 cm³/mol. The molecule has 0 radical (unpaired) electrons. The van der Waals surface area contributed by atoms with Gasteiger partial charge < -0.3 is 4.90 Å². The fourth-order valence-electron chi connectivity index (χ4n) is 4.13. The number of hydrogen-bond donors (Lipinski definition) is 0. The summed E-state index contributed by atoms with van der Waals surface area (Å²) in [4.78, 5) is 22.1. The van der Waals surface area contributed by atoms with Gasteiger partial charge in [0, 0.05) is 24.4 Å². The van der Waals surface area contributed by atoms with Crippen LogP contribution in [0.15, 0.2) is 29.3 Å². The number of hydrogen-bond acceptors (Lipinski definition) is 4. The molecule has 0 N–H and O–H groups in total. The van der Waals surface area contributed by atoms with E-state index in [9.17, 15) is 4.79 Å². The molecule has 0 aliphatic carbocycles. The van der Waals surface area contributed by atoms with Gasteiger partial charge in [0.25, 0.3) is 5.91 Å². The maximum atomic E-state index is 12.9. The predicted octanol–water partition coefficient (Wildman–Crippen LogP) is 0.853. The number of fused-ring (bicyclic) bond motifs is 2. The van der Waals surface area contributed by atoms with E-state index in [2.05, 4.69) is 23.7 Å². The maximum absolute atomic E-state index is 12.9. The third kappa shape index (κ3) is 2.60. The van der Waals surface area contributed by atoms with Crippen molar-refractivity contribution in [1.29, 1.82) is 0 Å². The lowest BCUT2D eigenvalue weighted by Gasteiger charge is -2.37. The Morgan fingerprint density at radius 2 is 2.22 bits per heavy atom. The molecule has 0 saturated carbocycles. The van der Waals surface area contributed by atoms with E-state index in [1.165, 1.54) is 0 Å². The highest BCUT2D eigenvalue weighted by Gasteiger charge is 2.43. The number of para-hydroxylation sites is 1. The fraction of sp³-hybridized carbons (Fsp3) is 0.556. The summed E-state index contributed by atoms with van der Waals surface area (Å²) < 4.78 is 0. The standard InChI is InChI=1S/C18H23N3OS/c1-3-21-12(2)23-17-11-20(9-8-16(17)21)18(22)15-10-13-6-4-5-7-14(13)19-15/h4-7,10,12,15-17H,3,8-9,11H2,1-2H3. The third-order valence-corrected chi connectivity index (χ3v) is 6.75. The van der Waals surface area contributed by atoms with Crippen molar-refractivity contribution in [2.45, 2.75) is 43.0 Å². The number of benzene rings is 1. The molecule has 2 fully saturated rings. The second-order valence-electron chi connectivity index (χ2n) is 6.54. The first-order valence-corrected chi connectivity index (χ1v) is 9.46. The lowest BCUT2D eigenvalue weighted by atomic mass is 10.0. The highest BCUT2D eigenvalue weighted by Crippen LogP contribution is 2.39. The van der Waals surface area contributed by atoms with Crippen LogP contribution < -0.4 is 10.6 Å². The van der Waals surface area contributed by atoms with Crippen molar-refractivity contribution >= 4 is 23.7 Å². The first-order valence-electron chi connectivity index (χ1n) is 8.52. The zero-order valence-corrected chi connectivity index (χ0v) is 14.5. The van der Waals surface area contributed by atoms with Crippen LogP contribution in [0.4, 0.5) is 0 Å². The first kappa shape index (κ1) is 15.2. The monoisotopic (exact) mass is 329 g/mol. The lowest BCUT2D eigenvalue weighted by molar-refractivity contribution is -0.132. The van der Waals surface area contributed by atoms with Gasteiger partial charge in [0.15, 0.2) is 0 Å². The molecule has 3 heterocycles. The number of likely N-dealkylation sites (tertiary alicyclic amines) is 1. The van der Waals surface area contributed by atoms with Crippen molar-refractivity contribution in [2.24, 2.45) is 4.99 Å². The van der Waals surface area contributed by atoms with Gasteiger partial charge in [0.2, 0.25) is 0 Å². The maximum Gasteiger partial charge on any atom is 0.251 e. The van der Waals surface area contributed by atoms with Gasteiger partial charge in [0.05, 0.1) is 10.7 Å². The Kier molecular flexibility index (Phi) is 3.93. The molecule has 0 aromatic heterocycles. The van der Waals surface area contributed by atoms with E-state index in [1.807, 2.05) is 47.0 Å². The average Bonchev–Trinajstić information content (AvgIpc) is 3.13. The molecule has 0 bridgehead atoms. The molecule has 5 heteroatoms. The summed E-state index contributed by atoms with van der Waals surface area (Å²) in [6.07, 6.45) is 3.09. The summed E-state index contributed by atoms with van der Waals surface area (Å²) >= 11 is 2.02. The molecule has 4 atom stereocenters. The van der Waals surface area contributed by atoms with Crippen LogP contribution in [-0.2, 0) is 4.79 Å². The van der Waals surface area contributed by atoms with E-state index in [4.69, 9.17) is 0 Å². The van der Waals surface area contributed by atoms with Crippen LogP contribution in [0.2, 0.25) is 0 Å². The average molecular weight is 329 g/mol. The second kappa shape index (κ2) is 5.95. The summed E-state index contributed by atoms with van der Waals surface area (Å²) in [5, 5.41) is 3.15. The minimum Gasteiger partial charge on any atom is -0.339 e. The number of nitrogens with zero attached hydrogens (tertiary/aromatic N) is 3. The normalized spacial score (nSPS) is 32.9. The molecule has 3 aliphatic rings. The Labute approximate surface area is 141 Å². The van der Waals surface area contributed by atoms with Crippen molar-refractivity contribution < 1.29 is 4.79 Å². The van der Waals surface area contributed by atoms with E-state index < -0.39 is 0 Å². The van der Waals surface area contributed by atoms with Gasteiger partial charge in [-0.3, -0.25) is 14.7 Å². The van der Waals surface area contributed by atoms with Crippen LogP contribution in [0, 0.1) is 0 Å². The molecule has 3 aliphatic heterocycles. The zero-order valence-electron chi connectivity index (χ0n) is 13.7. The van der Waals surface area contributed by atoms with Crippen LogP contribution in [0.5, 0.6) is 0 Å². The molecular weight excluding hydrogens is 306 g/mol. The minimum atomic E-state index is -0.324. The third-order valence-electron chi connectivity index (χ3n) is 5.27. The Bertz CT molecular complexity index is 699. The Morgan fingerprint density at radius 3 is 3.00 bits per heavy atom. The number of piperidine rings is 1. The molecular formula is C18H23N3OS. The fourth-order valence-corrected chi connectivity index (χ4v) is 5.83. The topological polar surface area (TPSA) is 35.9 Å². The van der Waals surface area contributed by atoms with Crippen LogP contribution in [0.3, 0.4) is 0 Å². The minimum absolute atomic E-state index is 0.169. The van der Waals surface area contributed by atoms with Gasteiger partial charge >= 0.3 is 0 Å². The molecule has 4 nitrogen and oxygen atoms in total. The second-order valence-corrected chi connectivity index (χ2v) is 8.10. The van der Waals surface area contributed by atoms with E-state index in [-0.39, 0.29) is 11.9 Å². The van der Waals surface area contributed by atoms with Crippen LogP contribution in [-0.4, -0.2) is 58.0 Å². The molecule has 1 aromatic rings. The summed E-state index contributed by atoms with van der Waals surface area (Å²) in [6, 6.07) is 8.30. The zero-order chi connectivity index (χ0) is 16.0. The van der Waals surface area contributed by atoms with Gasteiger partial charge in [-0.2, -0.15) is 0 Å². The molecule has 2 saturated heterocycles. The summed E-state index contributed by atoms with van der Waals surface area (Å²) in [5.74, 6) is 0.169. The van der Waals surface area contributed by atoms with Gasteiger partial charge in [-0.25, -0.2) is 0 Å². The molecule has 23 heavy (non-hydrogen) atoms. The van der Waals surface area contributed by atoms with Crippen molar-refractivity contribution in [1.82, 2.24) is 9.80 Å². The van der Waals surface area contributed by atoms with E-state index in [1.54, 1.807) is 0 Å². The van der Waals surface area contributed by atoms with Crippen LogP contribution >= 0.6 is 11.8 Å². The molecule has 1 aromatic carbocycles. The number of rotatable bonds is 2. The number of carbonyl (C=O) groups is 1. The molecule has 0 spiro atoms. The Morgan fingerprint density at radius 1 is 1.39 bits per heavy atom. The van der Waals surface area contributed by atoms with E-state index in [0.29, 0.717) is 16.7 Å². The van der Waals surface area contributed by atoms with Crippen LogP contribution in [0.25, 0.3) is 6.08 Å². The summed E-state index contributed by atoms with van der Waals surface area (Å²) in [6.45, 7) is 7.35. The Balaban J connectivity index is 1.48. The number of carbonyl (C=O) groups excluding carboxylic acids is 1. The lowest BCUT2D eigenvalue weighted by Crippen LogP contribution is -2.52. The van der Waals surface area contributed by atoms with Crippen molar-refractivity contribution in [3.05, 3.63) is 34.8 Å². The SMILES string of the molecule is CCN1C(C)SC2CN(C(=O)C3C=c4ccccc4=N3)CCC21. The van der Waals surface area contributed by atoms with Gasteiger partial charge in [-0.1, -0.05) is 25.1 Å². The summed E-state index contributed by atoms with van der Waals surface area (Å²) in [7, 11) is 0. The van der Waals surface area contributed by atoms with Gasteiger partial charge in [0.1, 0.15) is 6.04 Å². The van der Waals surface area contributed by atoms with Crippen LogP contribution in [0.1, 0.15) is 20.3 Å². The quantitative estimate of drug-likeness (QED) is 0.807. The van der Waals surface area contributed by atoms with Crippen molar-refractivity contribution in [3.8, 4) is 0 Å². The Hall–Kier alpha value is -1.33. The largest absolute Gasteiger partial charge is 0.339 e. The molecule has 4 rings (SSSR count). The number of amides is 1. The highest BCUT2D eigenvalue weighted by atomic mass is 32.2. The van der Waals surface area contributed by atoms with Crippen molar-refractivity contribution in [2.75, 3.05) is 19.6 Å². The molecule has 4 unspecified atom stereocenters. The van der Waals surface area contributed by atoms with Gasteiger partial charge in [-0.15, -0.1) is 11.8 Å². The summed E-state index contributed by atoms with van der Waals surface area (Å²) in [5.41, 5.74) is 0. The van der Waals surface area contributed by atoms with Gasteiger partial charge in [-0.05, 0) is 37.3 Å². The van der Waals surface area contributed by atoms with Crippen molar-refractivity contribution in [3.63, 3.8) is 0 Å². The molecule has 122 valence electrons. The highest BCUT2D eigenvalue weighted by molar-refractivity contribution is 8.00. The molecule has 1 amide bonds. The first-order chi connectivity index (χ1) is 11.2. The van der Waals surface area contributed by atoms with E-state index in [0.717, 1.165) is 36.6 Å². The number of thioether (sulfide) groups is 1. The smallest absolute Gasteiger partial charge is 0.251 e.